The van der Waals surface area contributed by atoms with E-state index in [1.165, 1.54) is 0 Å². The molecule has 2 aliphatic heterocycles. The number of hydrogen-bond acceptors (Lipinski definition) is 5. The van der Waals surface area contributed by atoms with Gasteiger partial charge in [0.1, 0.15) is 4.88 Å². The molecule has 0 unspecified atom stereocenters. The maximum absolute atomic E-state index is 12.7. The fourth-order valence-corrected chi connectivity index (χ4v) is 5.09. The molecule has 0 radical (unpaired) electrons. The van der Waals surface area contributed by atoms with E-state index in [1.807, 2.05) is 11.8 Å². The fourth-order valence-electron chi connectivity index (χ4n) is 2.82. The highest BCUT2D eigenvalue weighted by molar-refractivity contribution is 8.00. The minimum atomic E-state index is 0.169. The zero-order valence-corrected chi connectivity index (χ0v) is 13.3. The molecule has 1 aromatic heterocycles. The summed E-state index contributed by atoms with van der Waals surface area (Å²) in [6.45, 7) is 4.54. The SMILES string of the molecule is CCCc1ncc(C(=O)N2CCS[C@@H]3COCC[C@@H]32)s1. The van der Waals surface area contributed by atoms with Gasteiger partial charge < -0.3 is 9.64 Å². The summed E-state index contributed by atoms with van der Waals surface area (Å²) in [5.74, 6) is 1.18. The fraction of sp³-hybridized carbons (Fsp3) is 0.714. The highest BCUT2D eigenvalue weighted by Gasteiger charge is 2.37. The molecule has 20 heavy (non-hydrogen) atoms. The van der Waals surface area contributed by atoms with Crippen molar-refractivity contribution >= 4 is 29.0 Å². The van der Waals surface area contributed by atoms with Gasteiger partial charge in [-0.25, -0.2) is 4.98 Å². The van der Waals surface area contributed by atoms with Crippen LogP contribution in [0.4, 0.5) is 0 Å². The van der Waals surface area contributed by atoms with E-state index >= 15 is 0 Å². The van der Waals surface area contributed by atoms with E-state index in [4.69, 9.17) is 4.74 Å². The molecule has 3 rings (SSSR count). The van der Waals surface area contributed by atoms with Gasteiger partial charge >= 0.3 is 0 Å². The number of thiazole rings is 1. The Kier molecular flexibility index (Phi) is 4.63. The lowest BCUT2D eigenvalue weighted by Crippen LogP contribution is -2.54. The second kappa shape index (κ2) is 6.45. The van der Waals surface area contributed by atoms with Gasteiger partial charge in [0, 0.05) is 30.2 Å². The molecule has 2 saturated heterocycles. The minimum absolute atomic E-state index is 0.169. The van der Waals surface area contributed by atoms with E-state index < -0.39 is 0 Å². The average molecular weight is 312 g/mol. The predicted octanol–water partition coefficient (Wildman–Crippen LogP) is 2.44. The largest absolute Gasteiger partial charge is 0.380 e. The Morgan fingerprint density at radius 1 is 1.60 bits per heavy atom. The maximum Gasteiger partial charge on any atom is 0.265 e. The smallest absolute Gasteiger partial charge is 0.265 e. The van der Waals surface area contributed by atoms with E-state index in [-0.39, 0.29) is 5.91 Å². The molecule has 0 spiro atoms. The van der Waals surface area contributed by atoms with Crippen LogP contribution in [-0.4, -0.2) is 52.6 Å². The Morgan fingerprint density at radius 3 is 3.35 bits per heavy atom. The lowest BCUT2D eigenvalue weighted by Gasteiger charge is -2.43. The number of carbonyl (C=O) groups excluding carboxylic acids is 1. The molecule has 0 saturated carbocycles. The third-order valence-electron chi connectivity index (χ3n) is 3.82. The second-order valence-electron chi connectivity index (χ2n) is 5.21. The Morgan fingerprint density at radius 2 is 2.50 bits per heavy atom. The molecular weight excluding hydrogens is 292 g/mol. The average Bonchev–Trinajstić information content (AvgIpc) is 2.95. The minimum Gasteiger partial charge on any atom is -0.380 e. The number of aryl methyl sites for hydroxylation is 1. The van der Waals surface area contributed by atoms with Crippen molar-refractivity contribution in [2.75, 3.05) is 25.5 Å². The summed E-state index contributed by atoms with van der Waals surface area (Å²) in [5.41, 5.74) is 0. The molecule has 2 fully saturated rings. The van der Waals surface area contributed by atoms with E-state index in [2.05, 4.69) is 16.8 Å². The summed E-state index contributed by atoms with van der Waals surface area (Å²) in [6.07, 6.45) is 4.76. The zero-order chi connectivity index (χ0) is 13.9. The summed E-state index contributed by atoms with van der Waals surface area (Å²) in [4.78, 5) is 19.9. The normalized spacial score (nSPS) is 26.4. The first-order chi connectivity index (χ1) is 9.79. The van der Waals surface area contributed by atoms with Crippen LogP contribution in [0.25, 0.3) is 0 Å². The van der Waals surface area contributed by atoms with Crippen LogP contribution < -0.4 is 0 Å². The number of rotatable bonds is 3. The van der Waals surface area contributed by atoms with Gasteiger partial charge in [0.25, 0.3) is 5.91 Å². The number of thioether (sulfide) groups is 1. The van der Waals surface area contributed by atoms with Crippen LogP contribution in [0.2, 0.25) is 0 Å². The summed E-state index contributed by atoms with van der Waals surface area (Å²) >= 11 is 3.50. The Hall–Kier alpha value is -0.590. The number of ether oxygens (including phenoxy) is 1. The monoisotopic (exact) mass is 312 g/mol. The predicted molar refractivity (Wildman–Crippen MR) is 82.6 cm³/mol. The summed E-state index contributed by atoms with van der Waals surface area (Å²) in [6, 6.07) is 0.340. The van der Waals surface area contributed by atoms with Gasteiger partial charge in [-0.15, -0.1) is 11.3 Å². The number of nitrogens with zero attached hydrogens (tertiary/aromatic N) is 2. The van der Waals surface area contributed by atoms with Gasteiger partial charge in [0.15, 0.2) is 0 Å². The third-order valence-corrected chi connectivity index (χ3v) is 6.16. The standard InChI is InChI=1S/C14H20N2O2S2/c1-2-3-13-15-8-11(20-13)14(17)16-5-7-19-12-9-18-6-4-10(12)16/h8,10,12H,2-7,9H2,1H3/t10-,12+/m0/s1. The number of aromatic nitrogens is 1. The number of carbonyl (C=O) groups is 1. The first kappa shape index (κ1) is 14.4. The molecule has 0 N–H and O–H groups in total. The van der Waals surface area contributed by atoms with Crippen molar-refractivity contribution in [3.63, 3.8) is 0 Å². The summed E-state index contributed by atoms with van der Waals surface area (Å²) in [7, 11) is 0. The second-order valence-corrected chi connectivity index (χ2v) is 7.67. The van der Waals surface area contributed by atoms with Crippen molar-refractivity contribution < 1.29 is 9.53 Å². The van der Waals surface area contributed by atoms with E-state index in [9.17, 15) is 4.79 Å². The molecule has 4 nitrogen and oxygen atoms in total. The van der Waals surface area contributed by atoms with Gasteiger partial charge in [-0.05, 0) is 19.3 Å². The molecule has 2 atom stereocenters. The van der Waals surface area contributed by atoms with Crippen LogP contribution in [0.5, 0.6) is 0 Å². The Bertz CT molecular complexity index is 475. The van der Waals surface area contributed by atoms with Crippen molar-refractivity contribution in [3.8, 4) is 0 Å². The lowest BCUT2D eigenvalue weighted by molar-refractivity contribution is 0.0322. The molecule has 0 bridgehead atoms. The highest BCUT2D eigenvalue weighted by atomic mass is 32.2. The van der Waals surface area contributed by atoms with Gasteiger partial charge in [-0.2, -0.15) is 11.8 Å². The van der Waals surface area contributed by atoms with Crippen LogP contribution in [-0.2, 0) is 11.2 Å². The Labute approximate surface area is 127 Å². The lowest BCUT2D eigenvalue weighted by atomic mass is 10.1. The number of fused-ring (bicyclic) bond motifs is 1. The summed E-state index contributed by atoms with van der Waals surface area (Å²) in [5, 5.41) is 1.52. The van der Waals surface area contributed by atoms with Crippen molar-refractivity contribution in [3.05, 3.63) is 16.1 Å². The molecule has 0 aliphatic carbocycles. The van der Waals surface area contributed by atoms with Crippen molar-refractivity contribution in [2.45, 2.75) is 37.5 Å². The quantitative estimate of drug-likeness (QED) is 0.860. The first-order valence-corrected chi connectivity index (χ1v) is 9.11. The van der Waals surface area contributed by atoms with Crippen LogP contribution in [0, 0.1) is 0 Å². The van der Waals surface area contributed by atoms with E-state index in [0.717, 1.165) is 54.7 Å². The van der Waals surface area contributed by atoms with Gasteiger partial charge in [0.05, 0.1) is 17.8 Å². The van der Waals surface area contributed by atoms with Gasteiger partial charge in [0.2, 0.25) is 0 Å². The Balaban J connectivity index is 1.74. The van der Waals surface area contributed by atoms with Crippen LogP contribution in [0.1, 0.15) is 34.4 Å². The molecule has 3 heterocycles. The molecular formula is C14H20N2O2S2. The zero-order valence-electron chi connectivity index (χ0n) is 11.7. The highest BCUT2D eigenvalue weighted by Crippen LogP contribution is 2.31. The number of amides is 1. The van der Waals surface area contributed by atoms with Crippen LogP contribution in [0.3, 0.4) is 0 Å². The topological polar surface area (TPSA) is 42.4 Å². The third kappa shape index (κ3) is 2.87. The van der Waals surface area contributed by atoms with Crippen molar-refractivity contribution in [1.29, 1.82) is 0 Å². The van der Waals surface area contributed by atoms with Crippen molar-refractivity contribution in [2.24, 2.45) is 0 Å². The number of hydrogen-bond donors (Lipinski definition) is 0. The van der Waals surface area contributed by atoms with Crippen molar-refractivity contribution in [1.82, 2.24) is 9.88 Å². The van der Waals surface area contributed by atoms with Crippen LogP contribution >= 0.6 is 23.1 Å². The van der Waals surface area contributed by atoms with Crippen LogP contribution in [0.15, 0.2) is 6.20 Å². The van der Waals surface area contributed by atoms with Gasteiger partial charge in [-0.1, -0.05) is 6.92 Å². The molecule has 1 amide bonds. The molecule has 6 heteroatoms. The molecule has 2 aliphatic rings. The molecule has 0 aromatic carbocycles. The maximum atomic E-state index is 12.7. The summed E-state index contributed by atoms with van der Waals surface area (Å²) < 4.78 is 5.54. The van der Waals surface area contributed by atoms with E-state index in [1.54, 1.807) is 17.5 Å². The van der Waals surface area contributed by atoms with E-state index in [0.29, 0.717) is 11.3 Å². The van der Waals surface area contributed by atoms with Gasteiger partial charge in [-0.3, -0.25) is 4.79 Å². The first-order valence-electron chi connectivity index (χ1n) is 7.24. The molecule has 110 valence electrons. The molecule has 1 aromatic rings.